The van der Waals surface area contributed by atoms with Gasteiger partial charge in [-0.2, -0.15) is 10.5 Å². The van der Waals surface area contributed by atoms with Crippen LogP contribution in [0.15, 0.2) is 48.5 Å². The highest BCUT2D eigenvalue weighted by molar-refractivity contribution is 5.98. The van der Waals surface area contributed by atoms with Gasteiger partial charge in [0.2, 0.25) is 0 Å². The fourth-order valence-electron chi connectivity index (χ4n) is 2.37. The van der Waals surface area contributed by atoms with E-state index in [1.165, 1.54) is 4.90 Å². The van der Waals surface area contributed by atoms with Gasteiger partial charge in [-0.25, -0.2) is 4.79 Å². The predicted molar refractivity (Wildman–Crippen MR) is 94.7 cm³/mol. The van der Waals surface area contributed by atoms with Gasteiger partial charge in [0.15, 0.2) is 6.61 Å². The van der Waals surface area contributed by atoms with Crippen LogP contribution in [0.1, 0.15) is 22.3 Å². The van der Waals surface area contributed by atoms with Gasteiger partial charge in [-0.05, 0) is 17.7 Å². The van der Waals surface area contributed by atoms with Crippen LogP contribution in [0.2, 0.25) is 0 Å². The number of esters is 1. The lowest BCUT2D eigenvalue weighted by atomic mass is 9.96. The highest BCUT2D eigenvalue weighted by atomic mass is 16.5. The number of carbonyl (C=O) groups is 2. The molecule has 2 aromatic carbocycles. The number of carbonyl (C=O) groups excluding carboxylic acids is 2. The third-order valence-corrected chi connectivity index (χ3v) is 3.80. The SMILES string of the molecule is CN(CCC#N)C(=O)COC(=O)c1ccccc1-c1ccccc1C#N. The quantitative estimate of drug-likeness (QED) is 0.749. The van der Waals surface area contributed by atoms with Crippen molar-refractivity contribution in [3.63, 3.8) is 0 Å². The first kappa shape index (κ1) is 18.7. The summed E-state index contributed by atoms with van der Waals surface area (Å²) in [5.74, 6) is -1.03. The molecule has 0 aromatic heterocycles. The third kappa shape index (κ3) is 4.46. The van der Waals surface area contributed by atoms with Gasteiger partial charge in [-0.3, -0.25) is 4.79 Å². The summed E-state index contributed by atoms with van der Waals surface area (Å²) >= 11 is 0. The molecule has 0 heterocycles. The number of benzene rings is 2. The van der Waals surface area contributed by atoms with E-state index < -0.39 is 12.6 Å². The maximum Gasteiger partial charge on any atom is 0.339 e. The monoisotopic (exact) mass is 347 g/mol. The minimum absolute atomic E-state index is 0.212. The maximum atomic E-state index is 12.5. The fraction of sp³-hybridized carbons (Fsp3) is 0.200. The molecule has 6 nitrogen and oxygen atoms in total. The lowest BCUT2D eigenvalue weighted by Crippen LogP contribution is -2.32. The zero-order valence-electron chi connectivity index (χ0n) is 14.3. The van der Waals surface area contributed by atoms with Crippen molar-refractivity contribution in [3.8, 4) is 23.3 Å². The van der Waals surface area contributed by atoms with E-state index in [0.717, 1.165) is 0 Å². The van der Waals surface area contributed by atoms with Crippen LogP contribution in [-0.4, -0.2) is 37.0 Å². The first-order valence-electron chi connectivity index (χ1n) is 7.95. The average Bonchev–Trinajstić information content (AvgIpc) is 2.69. The second-order valence-corrected chi connectivity index (χ2v) is 5.50. The number of amides is 1. The Bertz CT molecular complexity index is 894. The summed E-state index contributed by atoms with van der Waals surface area (Å²) < 4.78 is 5.13. The van der Waals surface area contributed by atoms with Crippen molar-refractivity contribution >= 4 is 11.9 Å². The largest absolute Gasteiger partial charge is 0.452 e. The molecular weight excluding hydrogens is 330 g/mol. The summed E-state index contributed by atoms with van der Waals surface area (Å²) in [5.41, 5.74) is 1.92. The van der Waals surface area contributed by atoms with Crippen molar-refractivity contribution in [1.29, 1.82) is 10.5 Å². The van der Waals surface area contributed by atoms with Gasteiger partial charge in [0, 0.05) is 19.2 Å². The van der Waals surface area contributed by atoms with Gasteiger partial charge in [-0.1, -0.05) is 36.4 Å². The minimum Gasteiger partial charge on any atom is -0.452 e. The van der Waals surface area contributed by atoms with Gasteiger partial charge in [0.05, 0.1) is 29.7 Å². The molecule has 0 N–H and O–H groups in total. The zero-order chi connectivity index (χ0) is 18.9. The fourth-order valence-corrected chi connectivity index (χ4v) is 2.37. The Hall–Kier alpha value is -3.64. The summed E-state index contributed by atoms with van der Waals surface area (Å²) in [6.07, 6.45) is 0.212. The molecule has 2 aromatic rings. The summed E-state index contributed by atoms with van der Waals surface area (Å²) in [5, 5.41) is 17.8. The molecule has 0 saturated heterocycles. The predicted octanol–water partition coefficient (Wildman–Crippen LogP) is 2.75. The van der Waals surface area contributed by atoms with Crippen LogP contribution in [0.4, 0.5) is 0 Å². The van der Waals surface area contributed by atoms with E-state index in [0.29, 0.717) is 16.7 Å². The molecule has 0 bridgehead atoms. The summed E-state index contributed by atoms with van der Waals surface area (Å²) in [6.45, 7) is -0.131. The molecule has 26 heavy (non-hydrogen) atoms. The van der Waals surface area contributed by atoms with Gasteiger partial charge in [-0.15, -0.1) is 0 Å². The lowest BCUT2D eigenvalue weighted by Gasteiger charge is -2.16. The number of nitrogens with zero attached hydrogens (tertiary/aromatic N) is 3. The van der Waals surface area contributed by atoms with Crippen molar-refractivity contribution in [2.75, 3.05) is 20.2 Å². The molecule has 0 aliphatic rings. The number of hydrogen-bond acceptors (Lipinski definition) is 5. The maximum absolute atomic E-state index is 12.5. The molecule has 0 unspecified atom stereocenters. The first-order chi connectivity index (χ1) is 12.6. The topological polar surface area (TPSA) is 94.2 Å². The molecule has 6 heteroatoms. The Kier molecular flexibility index (Phi) is 6.47. The van der Waals surface area contributed by atoms with E-state index in [1.807, 2.05) is 6.07 Å². The number of hydrogen-bond donors (Lipinski definition) is 0. The van der Waals surface area contributed by atoms with E-state index in [1.54, 1.807) is 55.6 Å². The summed E-state index contributed by atoms with van der Waals surface area (Å²) in [4.78, 5) is 25.7. The van der Waals surface area contributed by atoms with E-state index >= 15 is 0 Å². The molecular formula is C20H17N3O3. The smallest absolute Gasteiger partial charge is 0.339 e. The van der Waals surface area contributed by atoms with Crippen molar-refractivity contribution in [3.05, 3.63) is 59.7 Å². The summed E-state index contributed by atoms with van der Waals surface area (Å²) in [7, 11) is 1.55. The molecule has 0 aliphatic carbocycles. The normalized spacial score (nSPS) is 9.65. The van der Waals surface area contributed by atoms with Gasteiger partial charge in [0.25, 0.3) is 5.91 Å². The summed E-state index contributed by atoms with van der Waals surface area (Å²) in [6, 6.07) is 17.8. The highest BCUT2D eigenvalue weighted by Gasteiger charge is 2.18. The number of nitriles is 2. The molecule has 0 saturated carbocycles. The van der Waals surface area contributed by atoms with Crippen LogP contribution in [0.25, 0.3) is 11.1 Å². The van der Waals surface area contributed by atoms with E-state index in [-0.39, 0.29) is 24.4 Å². The van der Waals surface area contributed by atoms with E-state index in [2.05, 4.69) is 6.07 Å². The van der Waals surface area contributed by atoms with E-state index in [4.69, 9.17) is 10.00 Å². The minimum atomic E-state index is -0.643. The third-order valence-electron chi connectivity index (χ3n) is 3.80. The molecule has 0 fully saturated rings. The molecule has 2 rings (SSSR count). The van der Waals surface area contributed by atoms with Crippen molar-refractivity contribution < 1.29 is 14.3 Å². The Balaban J connectivity index is 2.17. The highest BCUT2D eigenvalue weighted by Crippen LogP contribution is 2.27. The number of rotatable bonds is 6. The number of likely N-dealkylation sites (N-methyl/N-ethyl adjacent to an activating group) is 1. The number of ether oxygens (including phenoxy) is 1. The molecule has 130 valence electrons. The Morgan fingerprint density at radius 1 is 1.04 bits per heavy atom. The van der Waals surface area contributed by atoms with Crippen molar-refractivity contribution in [2.45, 2.75) is 6.42 Å². The Morgan fingerprint density at radius 2 is 1.69 bits per heavy atom. The average molecular weight is 347 g/mol. The van der Waals surface area contributed by atoms with E-state index in [9.17, 15) is 14.9 Å². The van der Waals surface area contributed by atoms with Crippen LogP contribution in [0, 0.1) is 22.7 Å². The zero-order valence-corrected chi connectivity index (χ0v) is 14.3. The lowest BCUT2D eigenvalue weighted by molar-refractivity contribution is -0.133. The van der Waals surface area contributed by atoms with Crippen LogP contribution in [-0.2, 0) is 9.53 Å². The van der Waals surface area contributed by atoms with Crippen LogP contribution in [0.5, 0.6) is 0 Å². The molecule has 1 amide bonds. The van der Waals surface area contributed by atoms with Crippen LogP contribution < -0.4 is 0 Å². The first-order valence-corrected chi connectivity index (χ1v) is 7.95. The van der Waals surface area contributed by atoms with Crippen LogP contribution >= 0.6 is 0 Å². The Labute approximate surface area is 151 Å². The molecule has 0 spiro atoms. The second-order valence-electron chi connectivity index (χ2n) is 5.50. The molecule has 0 radical (unpaired) electrons. The standard InChI is InChI=1S/C20H17N3O3/c1-23(12-6-11-21)19(24)14-26-20(25)18-10-5-4-9-17(18)16-8-3-2-7-15(16)13-22/h2-5,7-10H,6,12,14H2,1H3. The Morgan fingerprint density at radius 3 is 2.38 bits per heavy atom. The van der Waals surface area contributed by atoms with Gasteiger partial charge < -0.3 is 9.64 Å². The van der Waals surface area contributed by atoms with Crippen molar-refractivity contribution in [2.24, 2.45) is 0 Å². The second kappa shape index (κ2) is 9.00. The van der Waals surface area contributed by atoms with Crippen molar-refractivity contribution in [1.82, 2.24) is 4.90 Å². The van der Waals surface area contributed by atoms with Gasteiger partial charge >= 0.3 is 5.97 Å². The van der Waals surface area contributed by atoms with Gasteiger partial charge in [0.1, 0.15) is 0 Å². The van der Waals surface area contributed by atoms with Crippen LogP contribution in [0.3, 0.4) is 0 Å². The molecule has 0 atom stereocenters. The molecule has 0 aliphatic heterocycles.